The fraction of sp³-hybridized carbons (Fsp3) is 0.212. The van der Waals surface area contributed by atoms with Crippen LogP contribution in [0.5, 0.6) is 0 Å². The lowest BCUT2D eigenvalue weighted by atomic mass is 9.93. The Bertz CT molecular complexity index is 1450. The number of furan rings is 1. The number of amides is 1. The minimum absolute atomic E-state index is 0.360. The summed E-state index contributed by atoms with van der Waals surface area (Å²) in [5.74, 6) is 0.0119. The molecule has 0 aliphatic heterocycles. The van der Waals surface area contributed by atoms with Gasteiger partial charge in [0, 0.05) is 18.7 Å². The summed E-state index contributed by atoms with van der Waals surface area (Å²) in [7, 11) is 0. The topological polar surface area (TPSA) is 91.6 Å². The predicted molar refractivity (Wildman–Crippen MR) is 163 cm³/mol. The maximum absolute atomic E-state index is 13.3. The maximum Gasteiger partial charge on any atom is 0.326 e. The molecular weight excluding hydrogens is 520 g/mol. The number of aryl methyl sites for hydroxylation is 1. The number of hydrogen-bond donors (Lipinski definition) is 3. The van der Waals surface area contributed by atoms with Crippen LogP contribution in [-0.4, -0.2) is 41.6 Å². The van der Waals surface area contributed by atoms with Gasteiger partial charge in [-0.1, -0.05) is 60.7 Å². The molecule has 1 heterocycles. The number of nitrogens with one attached hydrogen (secondary N) is 2. The summed E-state index contributed by atoms with van der Waals surface area (Å²) < 4.78 is 5.55. The summed E-state index contributed by atoms with van der Waals surface area (Å²) in [5, 5.41) is 15.9. The summed E-state index contributed by atoms with van der Waals surface area (Å²) in [6.07, 6.45) is 5.97. The van der Waals surface area contributed by atoms with Crippen LogP contribution in [0.2, 0.25) is 0 Å². The monoisotopic (exact) mass is 554 g/mol. The summed E-state index contributed by atoms with van der Waals surface area (Å²) in [5.41, 5.74) is 6.41. The zero-order valence-corrected chi connectivity index (χ0v) is 23.5. The van der Waals surface area contributed by atoms with Gasteiger partial charge in [-0.15, -0.1) is 0 Å². The molecule has 0 fully saturated rings. The molecular formula is C33H34N2O4S. The molecule has 7 heteroatoms. The molecule has 1 amide bonds. The third-order valence-electron chi connectivity index (χ3n) is 6.63. The van der Waals surface area contributed by atoms with E-state index in [4.69, 9.17) is 4.42 Å². The van der Waals surface area contributed by atoms with Crippen molar-refractivity contribution < 1.29 is 19.1 Å². The molecule has 0 spiro atoms. The fourth-order valence-corrected chi connectivity index (χ4v) is 4.97. The van der Waals surface area contributed by atoms with Crippen LogP contribution in [0.15, 0.2) is 95.6 Å². The van der Waals surface area contributed by atoms with Gasteiger partial charge in [0.2, 0.25) is 0 Å². The van der Waals surface area contributed by atoms with E-state index in [1.165, 1.54) is 0 Å². The molecule has 4 rings (SSSR count). The van der Waals surface area contributed by atoms with E-state index in [9.17, 15) is 14.7 Å². The van der Waals surface area contributed by atoms with Gasteiger partial charge in [-0.3, -0.25) is 4.79 Å². The number of benzene rings is 3. The highest BCUT2D eigenvalue weighted by Gasteiger charge is 2.22. The van der Waals surface area contributed by atoms with Crippen molar-refractivity contribution in [1.82, 2.24) is 10.6 Å². The molecule has 3 N–H and O–H groups in total. The molecule has 0 saturated heterocycles. The van der Waals surface area contributed by atoms with Gasteiger partial charge in [-0.05, 0) is 89.1 Å². The highest BCUT2D eigenvalue weighted by Crippen LogP contribution is 2.28. The molecule has 0 aliphatic rings. The smallest absolute Gasteiger partial charge is 0.326 e. The highest BCUT2D eigenvalue weighted by molar-refractivity contribution is 7.98. The fourth-order valence-electron chi connectivity index (χ4n) is 4.50. The van der Waals surface area contributed by atoms with Gasteiger partial charge in [0.15, 0.2) is 0 Å². The number of carbonyl (C=O) groups excluding carboxylic acids is 1. The molecule has 4 aromatic rings. The Balaban J connectivity index is 1.57. The normalized spacial score (nSPS) is 12.2. The Hall–Kier alpha value is -4.07. The average molecular weight is 555 g/mol. The largest absolute Gasteiger partial charge is 0.480 e. The van der Waals surface area contributed by atoms with Gasteiger partial charge in [0.25, 0.3) is 5.91 Å². The summed E-state index contributed by atoms with van der Waals surface area (Å²) >= 11 is 1.55. The average Bonchev–Trinajstić information content (AvgIpc) is 3.48. The Morgan fingerprint density at radius 2 is 1.75 bits per heavy atom. The standard InChI is InChI=1S/C33H34N2O4S/c1-23-9-6-7-13-28(23)30-19-24(14-15-29(30)32(36)35-31(33(37)38)16-18-40-2)21-34-22-26(20-27-12-8-17-39-27)25-10-4-3-5-11-25/h3-15,17,19-20,31,34H,16,18,21-22H2,1-2H3,(H,35,36)(H,37,38)/t31-/m0/s1. The number of carboxylic acid groups (broad SMARTS) is 1. The Labute approximate surface area is 239 Å². The van der Waals surface area contributed by atoms with E-state index in [1.54, 1.807) is 24.1 Å². The third-order valence-corrected chi connectivity index (χ3v) is 7.27. The van der Waals surface area contributed by atoms with E-state index in [0.717, 1.165) is 39.2 Å². The van der Waals surface area contributed by atoms with E-state index in [-0.39, 0.29) is 5.91 Å². The quantitative estimate of drug-likeness (QED) is 0.174. The maximum atomic E-state index is 13.3. The van der Waals surface area contributed by atoms with Crippen molar-refractivity contribution in [3.8, 4) is 11.1 Å². The second kappa shape index (κ2) is 14.4. The van der Waals surface area contributed by atoms with Gasteiger partial charge >= 0.3 is 5.97 Å². The summed E-state index contributed by atoms with van der Waals surface area (Å²) in [6.45, 7) is 3.20. The molecule has 3 aromatic carbocycles. The highest BCUT2D eigenvalue weighted by atomic mass is 32.2. The lowest BCUT2D eigenvalue weighted by Gasteiger charge is -2.18. The predicted octanol–water partition coefficient (Wildman–Crippen LogP) is 6.52. The Morgan fingerprint density at radius 3 is 2.45 bits per heavy atom. The number of aliphatic carboxylic acids is 1. The zero-order valence-electron chi connectivity index (χ0n) is 22.7. The molecule has 206 valence electrons. The lowest BCUT2D eigenvalue weighted by Crippen LogP contribution is -2.41. The number of hydrogen-bond acceptors (Lipinski definition) is 5. The molecule has 6 nitrogen and oxygen atoms in total. The molecule has 0 radical (unpaired) electrons. The molecule has 1 aromatic heterocycles. The number of thioether (sulfide) groups is 1. The second-order valence-electron chi connectivity index (χ2n) is 9.50. The van der Waals surface area contributed by atoms with Crippen LogP contribution in [0.1, 0.15) is 39.2 Å². The molecule has 0 aliphatic carbocycles. The van der Waals surface area contributed by atoms with Gasteiger partial charge < -0.3 is 20.2 Å². The van der Waals surface area contributed by atoms with Crippen molar-refractivity contribution >= 4 is 35.3 Å². The van der Waals surface area contributed by atoms with Crippen molar-refractivity contribution in [1.29, 1.82) is 0 Å². The van der Waals surface area contributed by atoms with Crippen LogP contribution in [0.25, 0.3) is 22.8 Å². The van der Waals surface area contributed by atoms with E-state index in [1.807, 2.05) is 86.0 Å². The van der Waals surface area contributed by atoms with Crippen molar-refractivity contribution in [3.63, 3.8) is 0 Å². The van der Waals surface area contributed by atoms with Gasteiger partial charge in [0.1, 0.15) is 11.8 Å². The van der Waals surface area contributed by atoms with E-state index < -0.39 is 12.0 Å². The molecule has 0 bridgehead atoms. The first-order valence-corrected chi connectivity index (χ1v) is 14.6. The van der Waals surface area contributed by atoms with E-state index >= 15 is 0 Å². The van der Waals surface area contributed by atoms with Crippen LogP contribution in [0.3, 0.4) is 0 Å². The van der Waals surface area contributed by atoms with Crippen molar-refractivity contribution in [2.24, 2.45) is 0 Å². The first kappa shape index (κ1) is 28.9. The minimum Gasteiger partial charge on any atom is -0.480 e. The first-order chi connectivity index (χ1) is 19.5. The second-order valence-corrected chi connectivity index (χ2v) is 10.5. The van der Waals surface area contributed by atoms with Crippen LogP contribution in [-0.2, 0) is 11.3 Å². The molecule has 40 heavy (non-hydrogen) atoms. The third kappa shape index (κ3) is 7.74. The number of carbonyl (C=O) groups is 2. The van der Waals surface area contributed by atoms with E-state index in [2.05, 4.69) is 22.8 Å². The Kier molecular flexibility index (Phi) is 10.4. The number of carboxylic acids is 1. The zero-order chi connectivity index (χ0) is 28.3. The molecule has 0 saturated carbocycles. The molecule has 1 atom stereocenters. The Morgan fingerprint density at radius 1 is 0.975 bits per heavy atom. The van der Waals surface area contributed by atoms with Crippen molar-refractivity contribution in [3.05, 3.63) is 119 Å². The van der Waals surface area contributed by atoms with Crippen LogP contribution >= 0.6 is 11.8 Å². The van der Waals surface area contributed by atoms with Gasteiger partial charge in [0.05, 0.1) is 6.26 Å². The van der Waals surface area contributed by atoms with Crippen molar-refractivity contribution in [2.75, 3.05) is 18.6 Å². The van der Waals surface area contributed by atoms with Gasteiger partial charge in [-0.2, -0.15) is 11.8 Å². The first-order valence-electron chi connectivity index (χ1n) is 13.2. The van der Waals surface area contributed by atoms with Crippen molar-refractivity contribution in [2.45, 2.75) is 25.9 Å². The van der Waals surface area contributed by atoms with Crippen LogP contribution in [0, 0.1) is 6.92 Å². The lowest BCUT2D eigenvalue weighted by molar-refractivity contribution is -0.139. The van der Waals surface area contributed by atoms with Gasteiger partial charge in [-0.25, -0.2) is 4.79 Å². The SMILES string of the molecule is CSCC[C@H](NC(=O)c1ccc(CNCC(=Cc2ccco2)c2ccccc2)cc1-c1ccccc1C)C(=O)O. The van der Waals surface area contributed by atoms with E-state index in [0.29, 0.717) is 30.8 Å². The summed E-state index contributed by atoms with van der Waals surface area (Å²) in [4.78, 5) is 25.1. The molecule has 0 unspecified atom stereocenters. The van der Waals surface area contributed by atoms with Crippen LogP contribution < -0.4 is 10.6 Å². The minimum atomic E-state index is -1.03. The number of rotatable bonds is 13. The summed E-state index contributed by atoms with van der Waals surface area (Å²) in [6, 6.07) is 26.6. The van der Waals surface area contributed by atoms with Crippen LogP contribution in [0.4, 0.5) is 0 Å².